The van der Waals surface area contributed by atoms with Gasteiger partial charge in [-0.2, -0.15) is 4.57 Å². The van der Waals surface area contributed by atoms with Crippen LogP contribution < -0.4 is 14.4 Å². The summed E-state index contributed by atoms with van der Waals surface area (Å²) in [6, 6.07) is 36.1. The predicted octanol–water partition coefficient (Wildman–Crippen LogP) is 9.12. The van der Waals surface area contributed by atoms with Crippen LogP contribution >= 0.6 is 11.6 Å². The minimum Gasteiger partial charge on any atom is -0.378 e. The van der Waals surface area contributed by atoms with Crippen LogP contribution in [0.2, 0.25) is 0 Å². The standard InChI is InChI=1S/C38H35ClN3/c1-40(2)30-16-11-27(12-17-30)37-33-23-29-10-9-25-7-5-8-26-15-20-32(36(29)35(25)26)34(33)24-42(22-6-21-39)38(37)28-13-18-31(19-14-28)41(3)4/h5,7-20,23-24H,6,21-22H2,1-4H3/q+1. The molecule has 3 nitrogen and oxygen atoms in total. The first-order valence-corrected chi connectivity index (χ1v) is 15.2. The molecule has 0 unspecified atom stereocenters. The summed E-state index contributed by atoms with van der Waals surface area (Å²) in [6.07, 6.45) is 3.27. The summed E-state index contributed by atoms with van der Waals surface area (Å²) in [5.41, 5.74) is 7.28. The van der Waals surface area contributed by atoms with Gasteiger partial charge in [-0.25, -0.2) is 0 Å². The van der Waals surface area contributed by atoms with Gasteiger partial charge in [0, 0.05) is 62.8 Å². The van der Waals surface area contributed by atoms with Gasteiger partial charge in [-0.1, -0.05) is 54.6 Å². The molecule has 208 valence electrons. The molecule has 0 aliphatic heterocycles. The highest BCUT2D eigenvalue weighted by Gasteiger charge is 2.26. The smallest absolute Gasteiger partial charge is 0.221 e. The molecule has 1 heterocycles. The van der Waals surface area contributed by atoms with Crippen LogP contribution in [0, 0.1) is 0 Å². The van der Waals surface area contributed by atoms with Gasteiger partial charge >= 0.3 is 0 Å². The Morgan fingerprint density at radius 1 is 0.595 bits per heavy atom. The fourth-order valence-corrected chi connectivity index (χ4v) is 6.64. The van der Waals surface area contributed by atoms with Crippen molar-refractivity contribution in [3.63, 3.8) is 0 Å². The summed E-state index contributed by atoms with van der Waals surface area (Å²) < 4.78 is 2.45. The molecule has 42 heavy (non-hydrogen) atoms. The van der Waals surface area contributed by atoms with E-state index in [-0.39, 0.29) is 0 Å². The van der Waals surface area contributed by atoms with E-state index < -0.39 is 0 Å². The van der Waals surface area contributed by atoms with Crippen molar-refractivity contribution in [1.82, 2.24) is 0 Å². The summed E-state index contributed by atoms with van der Waals surface area (Å²) in [4.78, 5) is 4.30. The molecular formula is C38H35ClN3+. The van der Waals surface area contributed by atoms with Crippen LogP contribution in [-0.4, -0.2) is 34.1 Å². The molecule has 0 aliphatic carbocycles. The second-order valence-corrected chi connectivity index (χ2v) is 12.0. The van der Waals surface area contributed by atoms with Crippen molar-refractivity contribution < 1.29 is 4.57 Å². The third-order valence-corrected chi connectivity index (χ3v) is 8.90. The van der Waals surface area contributed by atoms with Gasteiger partial charge < -0.3 is 9.80 Å². The highest BCUT2D eigenvalue weighted by molar-refractivity contribution is 6.30. The van der Waals surface area contributed by atoms with Crippen LogP contribution in [0.25, 0.3) is 65.5 Å². The number of pyridine rings is 1. The zero-order valence-corrected chi connectivity index (χ0v) is 25.4. The molecule has 0 fully saturated rings. The Morgan fingerprint density at radius 3 is 1.81 bits per heavy atom. The Hall–Kier alpha value is -4.34. The molecular weight excluding hydrogens is 534 g/mol. The van der Waals surface area contributed by atoms with E-state index in [9.17, 15) is 0 Å². The average Bonchev–Trinajstić information content (AvgIpc) is 3.01. The number of nitrogens with zero attached hydrogens (tertiary/aromatic N) is 3. The lowest BCUT2D eigenvalue weighted by atomic mass is 9.87. The molecule has 7 aromatic rings. The van der Waals surface area contributed by atoms with Crippen LogP contribution in [0.15, 0.2) is 103 Å². The summed E-state index contributed by atoms with van der Waals surface area (Å²) in [5.74, 6) is 0.620. The van der Waals surface area contributed by atoms with Crippen LogP contribution in [0.3, 0.4) is 0 Å². The highest BCUT2D eigenvalue weighted by atomic mass is 35.5. The molecule has 0 spiro atoms. The van der Waals surface area contributed by atoms with Crippen molar-refractivity contribution in [1.29, 1.82) is 0 Å². The van der Waals surface area contributed by atoms with Crippen molar-refractivity contribution in [3.05, 3.63) is 103 Å². The van der Waals surface area contributed by atoms with Crippen LogP contribution in [0.1, 0.15) is 6.42 Å². The lowest BCUT2D eigenvalue weighted by Gasteiger charge is -2.19. The van der Waals surface area contributed by atoms with Crippen LogP contribution in [0.4, 0.5) is 11.4 Å². The number of aryl methyl sites for hydroxylation is 1. The molecule has 7 rings (SSSR count). The third kappa shape index (κ3) is 4.31. The number of benzene rings is 6. The minimum atomic E-state index is 0.620. The monoisotopic (exact) mass is 568 g/mol. The van der Waals surface area contributed by atoms with Gasteiger partial charge in [0.15, 0.2) is 6.20 Å². The van der Waals surface area contributed by atoms with Gasteiger partial charge in [0.25, 0.3) is 0 Å². The largest absolute Gasteiger partial charge is 0.378 e. The molecule has 0 saturated heterocycles. The molecule has 0 saturated carbocycles. The maximum atomic E-state index is 6.30. The molecule has 4 heteroatoms. The van der Waals surface area contributed by atoms with Crippen molar-refractivity contribution in [2.24, 2.45) is 0 Å². The topological polar surface area (TPSA) is 10.4 Å². The van der Waals surface area contributed by atoms with Crippen molar-refractivity contribution in [2.45, 2.75) is 13.0 Å². The highest BCUT2D eigenvalue weighted by Crippen LogP contribution is 2.43. The number of alkyl halides is 1. The molecule has 1 aromatic heterocycles. The van der Waals surface area contributed by atoms with Gasteiger partial charge in [-0.15, -0.1) is 11.6 Å². The number of aromatic nitrogens is 1. The lowest BCUT2D eigenvalue weighted by Crippen LogP contribution is -2.37. The molecule has 0 atom stereocenters. The summed E-state index contributed by atoms with van der Waals surface area (Å²) in [5, 5.41) is 10.4. The van der Waals surface area contributed by atoms with E-state index in [1.165, 1.54) is 76.8 Å². The second-order valence-electron chi connectivity index (χ2n) is 11.7. The molecule has 0 bridgehead atoms. The fourth-order valence-electron chi connectivity index (χ4n) is 6.52. The predicted molar refractivity (Wildman–Crippen MR) is 183 cm³/mol. The van der Waals surface area contributed by atoms with Gasteiger partial charge in [-0.3, -0.25) is 0 Å². The molecule has 0 N–H and O–H groups in total. The Bertz CT molecular complexity index is 2040. The average molecular weight is 569 g/mol. The Balaban J connectivity index is 1.63. The van der Waals surface area contributed by atoms with Crippen LogP contribution in [0.5, 0.6) is 0 Å². The van der Waals surface area contributed by atoms with E-state index >= 15 is 0 Å². The van der Waals surface area contributed by atoms with Crippen molar-refractivity contribution in [2.75, 3.05) is 43.9 Å². The van der Waals surface area contributed by atoms with Gasteiger partial charge in [0.2, 0.25) is 5.69 Å². The van der Waals surface area contributed by atoms with E-state index in [0.717, 1.165) is 13.0 Å². The number of rotatable bonds is 7. The molecule has 6 aromatic carbocycles. The summed E-state index contributed by atoms with van der Waals surface area (Å²) in [6.45, 7) is 0.842. The van der Waals surface area contributed by atoms with E-state index in [0.29, 0.717) is 5.88 Å². The second kappa shape index (κ2) is 10.5. The number of hydrogen-bond donors (Lipinski definition) is 0. The number of hydrogen-bond acceptors (Lipinski definition) is 2. The first-order chi connectivity index (χ1) is 20.4. The third-order valence-electron chi connectivity index (χ3n) is 8.63. The van der Waals surface area contributed by atoms with Crippen molar-refractivity contribution >= 4 is 66.1 Å². The van der Waals surface area contributed by atoms with E-state index in [1.54, 1.807) is 0 Å². The first kappa shape index (κ1) is 26.6. The van der Waals surface area contributed by atoms with Gasteiger partial charge in [0.05, 0.1) is 10.9 Å². The van der Waals surface area contributed by atoms with E-state index in [2.05, 4.69) is 146 Å². The van der Waals surface area contributed by atoms with Crippen molar-refractivity contribution in [3.8, 4) is 22.4 Å². The van der Waals surface area contributed by atoms with Crippen LogP contribution in [-0.2, 0) is 6.54 Å². The first-order valence-electron chi connectivity index (χ1n) is 14.6. The SMILES string of the molecule is CN(C)c1ccc(-c2c(-c3ccc(N(C)C)cc3)[n+](CCCCl)cc3c2cc2ccc4cccc5ccc3c2c45)cc1. The number of halogens is 1. The number of anilines is 2. The maximum absolute atomic E-state index is 6.30. The Morgan fingerprint density at radius 2 is 1.19 bits per heavy atom. The molecule has 0 aliphatic rings. The quantitative estimate of drug-likeness (QED) is 0.0821. The minimum absolute atomic E-state index is 0.620. The molecule has 0 amide bonds. The van der Waals surface area contributed by atoms with E-state index in [4.69, 9.17) is 11.6 Å². The fraction of sp³-hybridized carbons (Fsp3) is 0.184. The molecule has 0 radical (unpaired) electrons. The number of fused-ring (bicyclic) bond motifs is 2. The summed E-state index contributed by atoms with van der Waals surface area (Å²) >= 11 is 6.30. The van der Waals surface area contributed by atoms with Gasteiger partial charge in [-0.05, 0) is 80.3 Å². The maximum Gasteiger partial charge on any atom is 0.221 e. The lowest BCUT2D eigenvalue weighted by molar-refractivity contribution is -0.684. The zero-order chi connectivity index (χ0) is 29.0. The van der Waals surface area contributed by atoms with E-state index in [1.807, 2.05) is 0 Å². The summed E-state index contributed by atoms with van der Waals surface area (Å²) in [7, 11) is 8.35. The Kier molecular flexibility index (Phi) is 6.63. The van der Waals surface area contributed by atoms with Gasteiger partial charge in [0.1, 0.15) is 6.54 Å². The Labute approximate surface area is 252 Å². The normalized spacial score (nSPS) is 11.7. The zero-order valence-electron chi connectivity index (χ0n) is 24.7.